The van der Waals surface area contributed by atoms with Crippen molar-refractivity contribution in [2.24, 2.45) is 0 Å². The van der Waals surface area contributed by atoms with Crippen LogP contribution in [0.1, 0.15) is 59.3 Å². The van der Waals surface area contributed by atoms with Crippen LogP contribution in [0, 0.1) is 0 Å². The lowest BCUT2D eigenvalue weighted by Crippen LogP contribution is -2.47. The molecular formula is C18H32O3SSi. The summed E-state index contributed by atoms with van der Waals surface area (Å²) in [5.74, 6) is 0. The van der Waals surface area contributed by atoms with Gasteiger partial charge in [-0.05, 0) is 12.1 Å². The van der Waals surface area contributed by atoms with Gasteiger partial charge in [0, 0.05) is 0 Å². The van der Waals surface area contributed by atoms with Crippen LogP contribution in [-0.2, 0) is 10.1 Å². The third-order valence-corrected chi connectivity index (χ3v) is 11.1. The first-order chi connectivity index (χ1) is 10.9. The predicted octanol–water partition coefficient (Wildman–Crippen LogP) is 4.99. The summed E-state index contributed by atoms with van der Waals surface area (Å²) in [6.45, 7) is 6.65. The second kappa shape index (κ2) is 9.60. The van der Waals surface area contributed by atoms with Crippen LogP contribution in [0.2, 0.25) is 18.1 Å². The van der Waals surface area contributed by atoms with Gasteiger partial charge in [-0.1, -0.05) is 94.7 Å². The highest BCUT2D eigenvalue weighted by Gasteiger charge is 2.33. The van der Waals surface area contributed by atoms with Gasteiger partial charge >= 0.3 is 0 Å². The van der Waals surface area contributed by atoms with Gasteiger partial charge in [0.15, 0.2) is 0 Å². The SMILES string of the molecule is CCCC[Si](CCCC)(CCCC)c1cccc(S(=O)(=O)O)c1. The van der Waals surface area contributed by atoms with Gasteiger partial charge in [0.2, 0.25) is 0 Å². The lowest BCUT2D eigenvalue weighted by molar-refractivity contribution is 0.483. The average molecular weight is 357 g/mol. The minimum absolute atomic E-state index is 0.0522. The van der Waals surface area contributed by atoms with E-state index in [0.29, 0.717) is 0 Å². The summed E-state index contributed by atoms with van der Waals surface area (Å²) in [4.78, 5) is 0.0522. The molecule has 1 N–H and O–H groups in total. The van der Waals surface area contributed by atoms with Crippen LogP contribution < -0.4 is 5.19 Å². The zero-order valence-corrected chi connectivity index (χ0v) is 16.7. The maximum absolute atomic E-state index is 11.5. The topological polar surface area (TPSA) is 54.4 Å². The Balaban J connectivity index is 3.28. The Morgan fingerprint density at radius 3 is 1.78 bits per heavy atom. The molecule has 0 spiro atoms. The van der Waals surface area contributed by atoms with Crippen LogP contribution in [-0.4, -0.2) is 21.0 Å². The maximum Gasteiger partial charge on any atom is 0.294 e. The van der Waals surface area contributed by atoms with Gasteiger partial charge in [-0.3, -0.25) is 4.55 Å². The number of benzene rings is 1. The highest BCUT2D eigenvalue weighted by Crippen LogP contribution is 2.29. The number of hydrogen-bond acceptors (Lipinski definition) is 2. The summed E-state index contributed by atoms with van der Waals surface area (Å²) in [5.41, 5.74) is 0. The van der Waals surface area contributed by atoms with E-state index in [9.17, 15) is 13.0 Å². The smallest absolute Gasteiger partial charge is 0.282 e. The number of unbranched alkanes of at least 4 members (excludes halogenated alkanes) is 3. The summed E-state index contributed by atoms with van der Waals surface area (Å²) in [6, 6.07) is 10.8. The molecule has 1 aromatic rings. The highest BCUT2D eigenvalue weighted by molar-refractivity contribution is 7.85. The van der Waals surface area contributed by atoms with Crippen molar-refractivity contribution < 1.29 is 13.0 Å². The van der Waals surface area contributed by atoms with Crippen molar-refractivity contribution in [3.8, 4) is 0 Å². The van der Waals surface area contributed by atoms with Crippen LogP contribution in [0.3, 0.4) is 0 Å². The van der Waals surface area contributed by atoms with E-state index in [2.05, 4.69) is 26.8 Å². The van der Waals surface area contributed by atoms with Gasteiger partial charge in [0.25, 0.3) is 10.1 Å². The van der Waals surface area contributed by atoms with Crippen molar-refractivity contribution in [2.45, 2.75) is 82.3 Å². The molecule has 0 saturated heterocycles. The second-order valence-electron chi connectivity index (χ2n) is 6.59. The Hall–Kier alpha value is -0.653. The van der Waals surface area contributed by atoms with Crippen molar-refractivity contribution in [1.29, 1.82) is 0 Å². The molecule has 0 aromatic heterocycles. The van der Waals surface area contributed by atoms with Crippen LogP contribution in [0.15, 0.2) is 29.2 Å². The standard InChI is InChI=1S/C18H32O3SSi/c1-4-7-13-23(14-8-5-2,15-9-6-3)18-12-10-11-17(16-18)22(19,20)21/h10-12,16H,4-9,13-15H2,1-3H3,(H,19,20,21). The molecule has 0 unspecified atom stereocenters. The molecule has 0 saturated carbocycles. The van der Waals surface area contributed by atoms with E-state index in [0.717, 1.165) is 0 Å². The largest absolute Gasteiger partial charge is 0.294 e. The summed E-state index contributed by atoms with van der Waals surface area (Å²) in [5, 5.41) is 1.21. The van der Waals surface area contributed by atoms with Crippen molar-refractivity contribution in [2.75, 3.05) is 0 Å². The maximum atomic E-state index is 11.5. The molecule has 0 amide bonds. The van der Waals surface area contributed by atoms with E-state index in [4.69, 9.17) is 0 Å². The van der Waals surface area contributed by atoms with Gasteiger partial charge in [-0.15, -0.1) is 0 Å². The van der Waals surface area contributed by atoms with Crippen LogP contribution in [0.4, 0.5) is 0 Å². The second-order valence-corrected chi connectivity index (χ2v) is 12.7. The summed E-state index contributed by atoms with van der Waals surface area (Å²) < 4.78 is 32.4. The Labute approximate surface area is 143 Å². The fourth-order valence-corrected chi connectivity index (χ4v) is 9.59. The molecule has 0 aliphatic carbocycles. The molecule has 1 aromatic carbocycles. The van der Waals surface area contributed by atoms with E-state index < -0.39 is 18.2 Å². The molecule has 0 heterocycles. The lowest BCUT2D eigenvalue weighted by Gasteiger charge is -2.33. The molecule has 132 valence electrons. The van der Waals surface area contributed by atoms with Crippen LogP contribution in [0.5, 0.6) is 0 Å². The van der Waals surface area contributed by atoms with E-state index in [1.54, 1.807) is 12.1 Å². The van der Waals surface area contributed by atoms with Gasteiger partial charge in [0.05, 0.1) is 13.0 Å². The predicted molar refractivity (Wildman–Crippen MR) is 101 cm³/mol. The molecular weight excluding hydrogens is 324 g/mol. The first kappa shape index (κ1) is 20.4. The molecule has 5 heteroatoms. The molecule has 0 bridgehead atoms. The molecule has 0 aliphatic heterocycles. The third kappa shape index (κ3) is 6.05. The molecule has 0 aliphatic rings. The van der Waals surface area contributed by atoms with Gasteiger partial charge < -0.3 is 0 Å². The molecule has 1 rings (SSSR count). The van der Waals surface area contributed by atoms with Crippen molar-refractivity contribution >= 4 is 23.4 Å². The molecule has 0 atom stereocenters. The van der Waals surface area contributed by atoms with Crippen molar-refractivity contribution in [1.82, 2.24) is 0 Å². The van der Waals surface area contributed by atoms with Crippen molar-refractivity contribution in [3.63, 3.8) is 0 Å². The molecule has 23 heavy (non-hydrogen) atoms. The summed E-state index contributed by atoms with van der Waals surface area (Å²) in [7, 11) is -5.85. The summed E-state index contributed by atoms with van der Waals surface area (Å²) >= 11 is 0. The first-order valence-corrected chi connectivity index (χ1v) is 13.0. The number of rotatable bonds is 11. The van der Waals surface area contributed by atoms with Crippen LogP contribution in [0.25, 0.3) is 0 Å². The van der Waals surface area contributed by atoms with E-state index in [1.165, 1.54) is 67.9 Å². The quantitative estimate of drug-likeness (QED) is 0.449. The Morgan fingerprint density at radius 1 is 0.913 bits per heavy atom. The van der Waals surface area contributed by atoms with E-state index >= 15 is 0 Å². The minimum Gasteiger partial charge on any atom is -0.282 e. The van der Waals surface area contributed by atoms with E-state index in [1.807, 2.05) is 0 Å². The normalized spacial score (nSPS) is 12.5. The zero-order chi connectivity index (χ0) is 17.3. The monoisotopic (exact) mass is 356 g/mol. The molecule has 0 fully saturated rings. The molecule has 0 radical (unpaired) electrons. The third-order valence-electron chi connectivity index (χ3n) is 4.77. The zero-order valence-electron chi connectivity index (χ0n) is 14.8. The highest BCUT2D eigenvalue weighted by atomic mass is 32.2. The van der Waals surface area contributed by atoms with E-state index in [-0.39, 0.29) is 4.90 Å². The minimum atomic E-state index is -4.12. The van der Waals surface area contributed by atoms with Gasteiger partial charge in [0.1, 0.15) is 0 Å². The Bertz CT molecular complexity index is 548. The average Bonchev–Trinajstić information content (AvgIpc) is 2.54. The van der Waals surface area contributed by atoms with Gasteiger partial charge in [-0.2, -0.15) is 8.42 Å². The Morgan fingerprint density at radius 2 is 1.39 bits per heavy atom. The fraction of sp³-hybridized carbons (Fsp3) is 0.667. The van der Waals surface area contributed by atoms with Crippen LogP contribution >= 0.6 is 0 Å². The van der Waals surface area contributed by atoms with Crippen molar-refractivity contribution in [3.05, 3.63) is 24.3 Å². The number of hydrogen-bond donors (Lipinski definition) is 1. The Kier molecular flexibility index (Phi) is 8.51. The fourth-order valence-electron chi connectivity index (χ4n) is 3.34. The molecule has 3 nitrogen and oxygen atoms in total. The van der Waals surface area contributed by atoms with Gasteiger partial charge in [-0.25, -0.2) is 0 Å². The first-order valence-electron chi connectivity index (χ1n) is 8.97. The summed E-state index contributed by atoms with van der Waals surface area (Å²) in [6.07, 6.45) is 7.13. The lowest BCUT2D eigenvalue weighted by atomic mass is 10.3.